The summed E-state index contributed by atoms with van der Waals surface area (Å²) in [5.41, 5.74) is 6.88. The molecule has 1 aromatic carbocycles. The van der Waals surface area contributed by atoms with Crippen LogP contribution in [0, 0.1) is 5.92 Å². The molecule has 0 aliphatic rings. The molecule has 3 nitrogen and oxygen atoms in total. The van der Waals surface area contributed by atoms with E-state index in [0.717, 1.165) is 17.3 Å². The van der Waals surface area contributed by atoms with Gasteiger partial charge in [0, 0.05) is 16.2 Å². The van der Waals surface area contributed by atoms with E-state index in [0.29, 0.717) is 17.2 Å². The Morgan fingerprint density at radius 2 is 2.00 bits per heavy atom. The van der Waals surface area contributed by atoms with Crippen molar-refractivity contribution in [1.82, 2.24) is 5.32 Å². The van der Waals surface area contributed by atoms with E-state index in [1.807, 2.05) is 13.0 Å². The zero-order valence-corrected chi connectivity index (χ0v) is 12.8. The Kier molecular flexibility index (Phi) is 5.66. The molecule has 3 N–H and O–H groups in total. The van der Waals surface area contributed by atoms with Gasteiger partial charge in [0.15, 0.2) is 0 Å². The van der Waals surface area contributed by atoms with Crippen LogP contribution < -0.4 is 11.1 Å². The van der Waals surface area contributed by atoms with Crippen molar-refractivity contribution in [3.63, 3.8) is 0 Å². The van der Waals surface area contributed by atoms with E-state index in [2.05, 4.69) is 35.1 Å². The molecule has 0 aliphatic heterocycles. The minimum absolute atomic E-state index is 0.0978. The van der Waals surface area contributed by atoms with Gasteiger partial charge in [0.1, 0.15) is 0 Å². The van der Waals surface area contributed by atoms with Crippen molar-refractivity contribution in [3.8, 4) is 0 Å². The fraction of sp³-hybridized carbons (Fsp3) is 0.500. The quantitative estimate of drug-likeness (QED) is 0.816. The van der Waals surface area contributed by atoms with Gasteiger partial charge in [0.05, 0.1) is 5.56 Å². The summed E-state index contributed by atoms with van der Waals surface area (Å²) in [5.74, 6) is 0.407. The van der Waals surface area contributed by atoms with Gasteiger partial charge in [-0.2, -0.15) is 0 Å². The molecule has 1 rings (SSSR count). The molecular weight excluding hydrogens is 292 g/mol. The Hall–Kier alpha value is -1.03. The molecule has 0 fully saturated rings. The SMILES string of the molecule is CCC(CC)C(C)NC(=O)c1ccc(Br)cc1N. The lowest BCUT2D eigenvalue weighted by Gasteiger charge is -2.22. The summed E-state index contributed by atoms with van der Waals surface area (Å²) in [6.07, 6.45) is 2.13. The van der Waals surface area contributed by atoms with E-state index < -0.39 is 0 Å². The lowest BCUT2D eigenvalue weighted by Crippen LogP contribution is -2.38. The highest BCUT2D eigenvalue weighted by Gasteiger charge is 2.17. The number of amides is 1. The molecule has 1 unspecified atom stereocenters. The molecular formula is C14H21BrN2O. The number of nitrogens with two attached hydrogens (primary N) is 1. The normalized spacial score (nSPS) is 12.5. The van der Waals surface area contributed by atoms with Crippen LogP contribution in [-0.4, -0.2) is 11.9 Å². The van der Waals surface area contributed by atoms with Gasteiger partial charge in [0.2, 0.25) is 0 Å². The predicted octanol–water partition coefficient (Wildman–Crippen LogP) is 3.59. The number of hydrogen-bond donors (Lipinski definition) is 2. The van der Waals surface area contributed by atoms with Crippen molar-refractivity contribution in [3.05, 3.63) is 28.2 Å². The summed E-state index contributed by atoms with van der Waals surface area (Å²) < 4.78 is 0.879. The molecule has 1 atom stereocenters. The zero-order chi connectivity index (χ0) is 13.7. The molecule has 0 heterocycles. The number of carbonyl (C=O) groups excluding carboxylic acids is 1. The second kappa shape index (κ2) is 6.78. The molecule has 4 heteroatoms. The third-order valence-corrected chi connectivity index (χ3v) is 3.87. The molecule has 0 bridgehead atoms. The molecule has 0 radical (unpaired) electrons. The maximum Gasteiger partial charge on any atom is 0.253 e. The van der Waals surface area contributed by atoms with E-state index in [1.165, 1.54) is 0 Å². The van der Waals surface area contributed by atoms with Crippen LogP contribution in [0.5, 0.6) is 0 Å². The molecule has 100 valence electrons. The van der Waals surface area contributed by atoms with Crippen LogP contribution in [0.2, 0.25) is 0 Å². The number of halogens is 1. The van der Waals surface area contributed by atoms with Gasteiger partial charge in [-0.3, -0.25) is 4.79 Å². The summed E-state index contributed by atoms with van der Waals surface area (Å²) in [4.78, 5) is 12.1. The van der Waals surface area contributed by atoms with Gasteiger partial charge in [-0.15, -0.1) is 0 Å². The van der Waals surface area contributed by atoms with Gasteiger partial charge >= 0.3 is 0 Å². The third kappa shape index (κ3) is 3.73. The molecule has 0 aliphatic carbocycles. The number of rotatable bonds is 5. The van der Waals surface area contributed by atoms with E-state index in [9.17, 15) is 4.79 Å². The maximum atomic E-state index is 12.1. The topological polar surface area (TPSA) is 55.1 Å². The molecule has 18 heavy (non-hydrogen) atoms. The number of benzene rings is 1. The number of nitrogen functional groups attached to an aromatic ring is 1. The fourth-order valence-electron chi connectivity index (χ4n) is 2.14. The van der Waals surface area contributed by atoms with E-state index >= 15 is 0 Å². The van der Waals surface area contributed by atoms with Crippen LogP contribution >= 0.6 is 15.9 Å². The van der Waals surface area contributed by atoms with Gasteiger partial charge < -0.3 is 11.1 Å². The molecule has 0 aromatic heterocycles. The summed E-state index contributed by atoms with van der Waals surface area (Å²) in [6.45, 7) is 6.33. The maximum absolute atomic E-state index is 12.1. The average molecular weight is 313 g/mol. The summed E-state index contributed by atoms with van der Waals surface area (Å²) in [6, 6.07) is 5.48. The first kappa shape index (κ1) is 15.0. The monoisotopic (exact) mass is 312 g/mol. The van der Waals surface area contributed by atoms with Crippen molar-refractivity contribution in [2.24, 2.45) is 5.92 Å². The number of hydrogen-bond acceptors (Lipinski definition) is 2. The summed E-state index contributed by atoms with van der Waals surface area (Å²) in [5, 5.41) is 3.02. The van der Waals surface area contributed by atoms with E-state index in [1.54, 1.807) is 12.1 Å². The van der Waals surface area contributed by atoms with Gasteiger partial charge in [-0.1, -0.05) is 42.6 Å². The first-order valence-electron chi connectivity index (χ1n) is 6.35. The predicted molar refractivity (Wildman–Crippen MR) is 79.6 cm³/mol. The molecule has 0 saturated carbocycles. The van der Waals surface area contributed by atoms with Crippen LogP contribution in [0.25, 0.3) is 0 Å². The minimum atomic E-state index is -0.0978. The fourth-order valence-corrected chi connectivity index (χ4v) is 2.52. The standard InChI is InChI=1S/C14H21BrN2O/c1-4-10(5-2)9(3)17-14(18)12-7-6-11(15)8-13(12)16/h6-10H,4-5,16H2,1-3H3,(H,17,18). The van der Waals surface area contributed by atoms with E-state index in [-0.39, 0.29) is 11.9 Å². The van der Waals surface area contributed by atoms with Crippen LogP contribution in [0.1, 0.15) is 44.0 Å². The molecule has 1 aromatic rings. The zero-order valence-electron chi connectivity index (χ0n) is 11.2. The van der Waals surface area contributed by atoms with Gasteiger partial charge in [-0.05, 0) is 31.0 Å². The van der Waals surface area contributed by atoms with Crippen molar-refractivity contribution in [2.75, 3.05) is 5.73 Å². The Morgan fingerprint density at radius 1 is 1.39 bits per heavy atom. The lowest BCUT2D eigenvalue weighted by atomic mass is 9.95. The Labute approximate surface area is 117 Å². The minimum Gasteiger partial charge on any atom is -0.398 e. The van der Waals surface area contributed by atoms with E-state index in [4.69, 9.17) is 5.73 Å². The first-order valence-corrected chi connectivity index (χ1v) is 7.14. The largest absolute Gasteiger partial charge is 0.398 e. The van der Waals surface area contributed by atoms with Crippen LogP contribution in [-0.2, 0) is 0 Å². The number of anilines is 1. The highest BCUT2D eigenvalue weighted by atomic mass is 79.9. The Morgan fingerprint density at radius 3 is 2.50 bits per heavy atom. The first-order chi connectivity index (χ1) is 8.49. The smallest absolute Gasteiger partial charge is 0.253 e. The highest BCUT2D eigenvalue weighted by molar-refractivity contribution is 9.10. The van der Waals surface area contributed by atoms with Crippen molar-refractivity contribution in [2.45, 2.75) is 39.7 Å². The van der Waals surface area contributed by atoms with Crippen LogP contribution in [0.4, 0.5) is 5.69 Å². The average Bonchev–Trinajstić information content (AvgIpc) is 2.30. The molecule has 1 amide bonds. The second-order valence-corrected chi connectivity index (χ2v) is 5.49. The Bertz CT molecular complexity index is 416. The second-order valence-electron chi connectivity index (χ2n) is 4.57. The summed E-state index contributed by atoms with van der Waals surface area (Å²) >= 11 is 3.33. The van der Waals surface area contributed by atoms with Crippen molar-refractivity contribution in [1.29, 1.82) is 0 Å². The summed E-state index contributed by atoms with van der Waals surface area (Å²) in [7, 11) is 0. The van der Waals surface area contributed by atoms with Gasteiger partial charge in [0.25, 0.3) is 5.91 Å². The number of nitrogens with one attached hydrogen (secondary N) is 1. The number of carbonyl (C=O) groups is 1. The highest BCUT2D eigenvalue weighted by Crippen LogP contribution is 2.19. The lowest BCUT2D eigenvalue weighted by molar-refractivity contribution is 0.0926. The van der Waals surface area contributed by atoms with Crippen LogP contribution in [0.15, 0.2) is 22.7 Å². The van der Waals surface area contributed by atoms with Crippen molar-refractivity contribution < 1.29 is 4.79 Å². The van der Waals surface area contributed by atoms with Crippen molar-refractivity contribution >= 4 is 27.5 Å². The molecule has 0 spiro atoms. The third-order valence-electron chi connectivity index (χ3n) is 3.37. The molecule has 0 saturated heterocycles. The Balaban J connectivity index is 2.76. The van der Waals surface area contributed by atoms with Gasteiger partial charge in [-0.25, -0.2) is 0 Å². The van der Waals surface area contributed by atoms with Crippen LogP contribution in [0.3, 0.4) is 0 Å².